The highest BCUT2D eigenvalue weighted by molar-refractivity contribution is 7.00. The maximum Gasteiger partial charge on any atom is 0.252 e. The summed E-state index contributed by atoms with van der Waals surface area (Å²) in [6, 6.07) is 42.1. The number of nitrogens with zero attached hydrogens (tertiary/aromatic N) is 2. The van der Waals surface area contributed by atoms with Crippen LogP contribution in [0.2, 0.25) is 0 Å². The first-order valence-corrected chi connectivity index (χ1v) is 20.8. The van der Waals surface area contributed by atoms with E-state index in [0.29, 0.717) is 0 Å². The van der Waals surface area contributed by atoms with Crippen LogP contribution in [0.5, 0.6) is 11.5 Å². The highest BCUT2D eigenvalue weighted by Gasteiger charge is 2.45. The molecule has 10 rings (SSSR count). The summed E-state index contributed by atoms with van der Waals surface area (Å²) in [6.07, 6.45) is 3.80. The number of para-hydroxylation sites is 1. The van der Waals surface area contributed by atoms with Gasteiger partial charge in [0.15, 0.2) is 0 Å². The Morgan fingerprint density at radius 2 is 1.10 bits per heavy atom. The van der Waals surface area contributed by atoms with E-state index in [1.165, 1.54) is 33.1 Å². The fraction of sp³-hybridized carbons (Fsp3) is 0.245. The van der Waals surface area contributed by atoms with Crippen molar-refractivity contribution in [1.29, 1.82) is 0 Å². The fourth-order valence-corrected chi connectivity index (χ4v) is 9.18. The highest BCUT2D eigenvalue weighted by atomic mass is 16.5. The number of hydrogen-bond acceptors (Lipinski definition) is 5. The Kier molecular flexibility index (Phi) is 8.14. The maximum absolute atomic E-state index is 6.81. The van der Waals surface area contributed by atoms with Crippen molar-refractivity contribution in [2.75, 3.05) is 9.80 Å². The molecule has 0 radical (unpaired) electrons. The van der Waals surface area contributed by atoms with E-state index < -0.39 is 0 Å². The SMILES string of the molecule is Cc1coc2cc(N3c4cc5occ(C(C)(C)C)c5cc4B4c5cc(C(C)(C)C)ccc5N(c5ccc(C(C)(C)C)cc5)c5cc(Oc6ccccc6)cc3c54)ccc12. The Morgan fingerprint density at radius 3 is 1.78 bits per heavy atom. The average Bonchev–Trinajstić information content (AvgIpc) is 3.79. The second-order valence-electron chi connectivity index (χ2n) is 19.6. The zero-order chi connectivity index (χ0) is 41.2. The summed E-state index contributed by atoms with van der Waals surface area (Å²) >= 11 is 0. The van der Waals surface area contributed by atoms with Crippen molar-refractivity contribution in [2.24, 2.45) is 0 Å². The van der Waals surface area contributed by atoms with Gasteiger partial charge in [-0.2, -0.15) is 0 Å². The van der Waals surface area contributed by atoms with Gasteiger partial charge in [0.2, 0.25) is 0 Å². The van der Waals surface area contributed by atoms with Crippen LogP contribution in [0.1, 0.15) is 84.6 Å². The van der Waals surface area contributed by atoms with Crippen LogP contribution in [-0.4, -0.2) is 6.71 Å². The number of anilines is 6. The Balaban J connectivity index is 1.33. The van der Waals surface area contributed by atoms with Crippen LogP contribution >= 0.6 is 0 Å². The molecule has 0 atom stereocenters. The van der Waals surface area contributed by atoms with Gasteiger partial charge < -0.3 is 23.4 Å². The summed E-state index contributed by atoms with van der Waals surface area (Å²) in [6.45, 7) is 22.5. The van der Waals surface area contributed by atoms with Gasteiger partial charge in [0, 0.05) is 74.7 Å². The van der Waals surface area contributed by atoms with E-state index in [-0.39, 0.29) is 23.0 Å². The molecule has 6 heteroatoms. The summed E-state index contributed by atoms with van der Waals surface area (Å²) in [5.41, 5.74) is 16.7. The van der Waals surface area contributed by atoms with Gasteiger partial charge in [-0.05, 0) is 98.7 Å². The Hall–Kier alpha value is -6.14. The third-order valence-corrected chi connectivity index (χ3v) is 12.4. The lowest BCUT2D eigenvalue weighted by atomic mass is 9.33. The van der Waals surface area contributed by atoms with Crippen LogP contribution in [-0.2, 0) is 16.2 Å². The topological polar surface area (TPSA) is 42.0 Å². The quantitative estimate of drug-likeness (QED) is 0.167. The lowest BCUT2D eigenvalue weighted by Gasteiger charge is -2.44. The van der Waals surface area contributed by atoms with Crippen LogP contribution < -0.4 is 30.9 Å². The molecule has 0 spiro atoms. The minimum absolute atomic E-state index is 0.0236. The number of benzene rings is 6. The molecule has 4 heterocycles. The molecule has 0 aliphatic carbocycles. The van der Waals surface area contributed by atoms with Gasteiger partial charge in [-0.15, -0.1) is 0 Å². The standard InChI is InChI=1S/C53H51BN2O3/c1-32-30-57-48-25-36(21-22-39(32)48)56-45-29-49-40(41(31-58-49)53(8,9)10)28-43(45)54-42-24-34(52(5,6)7)18-23-44(42)55(35-19-16-33(17-20-35)51(2,3)4)46-26-38(27-47(56)50(46)54)59-37-14-12-11-13-15-37/h11-31H,1-10H3. The lowest BCUT2D eigenvalue weighted by Crippen LogP contribution is -2.61. The molecule has 0 fully saturated rings. The van der Waals surface area contributed by atoms with Gasteiger partial charge in [-0.1, -0.05) is 111 Å². The van der Waals surface area contributed by atoms with Gasteiger partial charge in [0.25, 0.3) is 6.71 Å². The Morgan fingerprint density at radius 1 is 0.492 bits per heavy atom. The van der Waals surface area contributed by atoms with Crippen molar-refractivity contribution in [3.63, 3.8) is 0 Å². The smallest absolute Gasteiger partial charge is 0.252 e. The van der Waals surface area contributed by atoms with Crippen molar-refractivity contribution in [1.82, 2.24) is 0 Å². The number of furan rings is 2. The minimum Gasteiger partial charge on any atom is -0.464 e. The van der Waals surface area contributed by atoms with Crippen molar-refractivity contribution in [3.8, 4) is 11.5 Å². The van der Waals surface area contributed by atoms with Crippen LogP contribution in [0.15, 0.2) is 137 Å². The number of hydrogen-bond donors (Lipinski definition) is 0. The van der Waals surface area contributed by atoms with Crippen molar-refractivity contribution in [2.45, 2.75) is 85.5 Å². The Bertz CT molecular complexity index is 2940. The van der Waals surface area contributed by atoms with Crippen molar-refractivity contribution in [3.05, 3.63) is 150 Å². The van der Waals surface area contributed by atoms with E-state index in [2.05, 4.69) is 164 Å². The van der Waals surface area contributed by atoms with E-state index in [1.54, 1.807) is 0 Å². The molecule has 59 heavy (non-hydrogen) atoms. The number of ether oxygens (including phenoxy) is 1. The van der Waals surface area contributed by atoms with Crippen LogP contribution in [0.25, 0.3) is 21.9 Å². The maximum atomic E-state index is 6.81. The monoisotopic (exact) mass is 774 g/mol. The van der Waals surface area contributed by atoms with Gasteiger partial charge in [0.05, 0.1) is 12.5 Å². The molecule has 0 N–H and O–H groups in total. The molecule has 2 aliphatic heterocycles. The summed E-state index contributed by atoms with van der Waals surface area (Å²) in [4.78, 5) is 4.86. The zero-order valence-electron chi connectivity index (χ0n) is 35.8. The van der Waals surface area contributed by atoms with Gasteiger partial charge >= 0.3 is 0 Å². The van der Waals surface area contributed by atoms with Crippen LogP contribution in [0.4, 0.5) is 34.1 Å². The molecule has 0 unspecified atom stereocenters. The summed E-state index contributed by atoms with van der Waals surface area (Å²) in [7, 11) is 0. The molecule has 0 bridgehead atoms. The van der Waals surface area contributed by atoms with Gasteiger partial charge in [-0.25, -0.2) is 0 Å². The largest absolute Gasteiger partial charge is 0.464 e. The summed E-state index contributed by atoms with van der Waals surface area (Å²) in [5, 5.41) is 2.26. The second kappa shape index (κ2) is 12.9. The van der Waals surface area contributed by atoms with Gasteiger partial charge in [-0.3, -0.25) is 0 Å². The molecule has 0 saturated carbocycles. The molecule has 2 aromatic heterocycles. The molecule has 6 aromatic carbocycles. The summed E-state index contributed by atoms with van der Waals surface area (Å²) in [5.74, 6) is 1.54. The van der Waals surface area contributed by atoms with Gasteiger partial charge in [0.1, 0.15) is 22.7 Å². The van der Waals surface area contributed by atoms with E-state index in [1.807, 2.05) is 42.9 Å². The molecular weight excluding hydrogens is 723 g/mol. The van der Waals surface area contributed by atoms with Crippen LogP contribution in [0.3, 0.4) is 0 Å². The molecule has 5 nitrogen and oxygen atoms in total. The summed E-state index contributed by atoms with van der Waals surface area (Å²) < 4.78 is 19.4. The third-order valence-electron chi connectivity index (χ3n) is 12.4. The van der Waals surface area contributed by atoms with E-state index >= 15 is 0 Å². The molecule has 0 amide bonds. The molecule has 8 aromatic rings. The zero-order valence-corrected chi connectivity index (χ0v) is 35.8. The van der Waals surface area contributed by atoms with Crippen molar-refractivity contribution < 1.29 is 13.6 Å². The second-order valence-corrected chi connectivity index (χ2v) is 19.6. The highest BCUT2D eigenvalue weighted by Crippen LogP contribution is 2.48. The first kappa shape index (κ1) is 37.2. The van der Waals surface area contributed by atoms with Crippen molar-refractivity contribution >= 4 is 79.2 Å². The predicted molar refractivity (Wildman–Crippen MR) is 247 cm³/mol. The number of fused-ring (bicyclic) bond motifs is 6. The van der Waals surface area contributed by atoms with E-state index in [9.17, 15) is 0 Å². The number of rotatable bonds is 4. The number of aryl methyl sites for hydroxylation is 1. The lowest BCUT2D eigenvalue weighted by molar-refractivity contribution is 0.483. The Labute approximate surface area is 348 Å². The molecule has 0 saturated heterocycles. The first-order chi connectivity index (χ1) is 28.0. The van der Waals surface area contributed by atoms with E-state index in [0.717, 1.165) is 73.1 Å². The predicted octanol–water partition coefficient (Wildman–Crippen LogP) is 13.3. The molecular formula is C53H51BN2O3. The van der Waals surface area contributed by atoms with Crippen LogP contribution in [0, 0.1) is 6.92 Å². The normalized spacial score (nSPS) is 13.8. The van der Waals surface area contributed by atoms with E-state index in [4.69, 9.17) is 13.6 Å². The average molecular weight is 775 g/mol. The molecule has 2 aliphatic rings. The molecule has 294 valence electrons. The first-order valence-electron chi connectivity index (χ1n) is 20.8. The fourth-order valence-electron chi connectivity index (χ4n) is 9.18. The minimum atomic E-state index is -0.108. The third kappa shape index (κ3) is 6.06.